The third-order valence-electron chi connectivity index (χ3n) is 5.47. The van der Waals surface area contributed by atoms with Gasteiger partial charge in [-0.15, -0.1) is 0 Å². The lowest BCUT2D eigenvalue weighted by atomic mass is 9.99. The summed E-state index contributed by atoms with van der Waals surface area (Å²) in [5, 5.41) is 3.70. The van der Waals surface area contributed by atoms with Gasteiger partial charge < -0.3 is 10.2 Å². The van der Waals surface area contributed by atoms with Crippen molar-refractivity contribution in [2.24, 2.45) is 11.8 Å². The molecular weight excluding hydrogens is 262 g/mol. The van der Waals surface area contributed by atoms with Crippen molar-refractivity contribution in [3.05, 3.63) is 0 Å². The quantitative estimate of drug-likeness (QED) is 0.838. The average Bonchev–Trinajstić information content (AvgIpc) is 3.31. The lowest BCUT2D eigenvalue weighted by molar-refractivity contribution is -0.134. The number of hydrogen-bond donors (Lipinski definition) is 1. The lowest BCUT2D eigenvalue weighted by Crippen LogP contribution is -2.48. The van der Waals surface area contributed by atoms with Crippen LogP contribution in [0.4, 0.5) is 0 Å². The van der Waals surface area contributed by atoms with Gasteiger partial charge >= 0.3 is 0 Å². The number of hydrogen-bond acceptors (Lipinski definition) is 3. The smallest absolute Gasteiger partial charge is 0.236 e. The van der Waals surface area contributed by atoms with Crippen LogP contribution in [0.3, 0.4) is 0 Å². The van der Waals surface area contributed by atoms with Crippen molar-refractivity contribution in [1.82, 2.24) is 15.1 Å². The van der Waals surface area contributed by atoms with E-state index >= 15 is 0 Å². The minimum Gasteiger partial charge on any atom is -0.342 e. The van der Waals surface area contributed by atoms with E-state index in [1.807, 2.05) is 0 Å². The number of carbonyl (C=O) groups excluding carboxylic acids is 1. The van der Waals surface area contributed by atoms with E-state index in [9.17, 15) is 4.79 Å². The Morgan fingerprint density at radius 1 is 1.00 bits per heavy atom. The predicted molar refractivity (Wildman–Crippen MR) is 85.2 cm³/mol. The second-order valence-electron chi connectivity index (χ2n) is 7.47. The first-order valence-electron chi connectivity index (χ1n) is 8.94. The number of carbonyl (C=O) groups is 1. The number of rotatable bonds is 5. The molecule has 120 valence electrons. The van der Waals surface area contributed by atoms with Gasteiger partial charge in [-0.25, -0.2) is 0 Å². The molecule has 3 rings (SSSR count). The molecule has 3 aliphatic rings. The van der Waals surface area contributed by atoms with E-state index in [2.05, 4.69) is 22.0 Å². The first-order valence-corrected chi connectivity index (χ1v) is 8.94. The zero-order valence-corrected chi connectivity index (χ0v) is 13.5. The Kier molecular flexibility index (Phi) is 5.17. The van der Waals surface area contributed by atoms with Crippen molar-refractivity contribution in [3.8, 4) is 0 Å². The molecule has 0 spiro atoms. The molecule has 1 saturated carbocycles. The number of piperidine rings is 2. The number of nitrogens with one attached hydrogen (secondary N) is 1. The molecular formula is C17H31N3O. The highest BCUT2D eigenvalue weighted by Crippen LogP contribution is 2.28. The van der Waals surface area contributed by atoms with Crippen LogP contribution in [0, 0.1) is 11.8 Å². The van der Waals surface area contributed by atoms with Gasteiger partial charge in [0.1, 0.15) is 0 Å². The van der Waals surface area contributed by atoms with E-state index in [4.69, 9.17) is 0 Å². The highest BCUT2D eigenvalue weighted by Gasteiger charge is 2.26. The summed E-state index contributed by atoms with van der Waals surface area (Å²) in [5.74, 6) is 2.11. The summed E-state index contributed by atoms with van der Waals surface area (Å²) in [7, 11) is 0. The first-order chi connectivity index (χ1) is 10.2. The van der Waals surface area contributed by atoms with Gasteiger partial charge in [0.25, 0.3) is 0 Å². The molecule has 1 aliphatic carbocycles. The fourth-order valence-corrected chi connectivity index (χ4v) is 3.50. The summed E-state index contributed by atoms with van der Waals surface area (Å²) >= 11 is 0. The highest BCUT2D eigenvalue weighted by atomic mass is 16.2. The van der Waals surface area contributed by atoms with Crippen molar-refractivity contribution >= 4 is 5.91 Å². The van der Waals surface area contributed by atoms with Gasteiger partial charge in [0.05, 0.1) is 6.54 Å². The molecule has 2 heterocycles. The summed E-state index contributed by atoms with van der Waals surface area (Å²) < 4.78 is 0. The van der Waals surface area contributed by atoms with E-state index in [0.717, 1.165) is 38.0 Å². The summed E-state index contributed by atoms with van der Waals surface area (Å²) in [6, 6.07) is 0.688. The molecule has 3 fully saturated rings. The van der Waals surface area contributed by atoms with Gasteiger partial charge in [0.15, 0.2) is 0 Å². The molecule has 0 atom stereocenters. The number of amides is 1. The van der Waals surface area contributed by atoms with Gasteiger partial charge in [-0.1, -0.05) is 6.92 Å². The Labute approximate surface area is 129 Å². The minimum atomic E-state index is 0.353. The topological polar surface area (TPSA) is 35.6 Å². The Morgan fingerprint density at radius 3 is 2.29 bits per heavy atom. The van der Waals surface area contributed by atoms with Crippen LogP contribution in [-0.4, -0.2) is 61.0 Å². The molecule has 21 heavy (non-hydrogen) atoms. The van der Waals surface area contributed by atoms with E-state index in [1.54, 1.807) is 0 Å². The third-order valence-corrected chi connectivity index (χ3v) is 5.47. The number of likely N-dealkylation sites (tertiary alicyclic amines) is 2. The standard InChI is InChI=1S/C17H31N3O/c1-14-4-10-20(11-5-14)17(21)13-19-8-6-16(7-9-19)18-12-15-2-3-15/h14-16,18H,2-13H2,1H3. The van der Waals surface area contributed by atoms with Gasteiger partial charge in [-0.2, -0.15) is 0 Å². The van der Waals surface area contributed by atoms with Crippen LogP contribution in [0.5, 0.6) is 0 Å². The van der Waals surface area contributed by atoms with Crippen LogP contribution in [0.1, 0.15) is 45.4 Å². The molecule has 0 aromatic carbocycles. The molecule has 0 bridgehead atoms. The van der Waals surface area contributed by atoms with Gasteiger partial charge in [0.2, 0.25) is 5.91 Å². The predicted octanol–water partition coefficient (Wildman–Crippen LogP) is 1.71. The maximum absolute atomic E-state index is 12.3. The van der Waals surface area contributed by atoms with E-state index in [1.165, 1.54) is 45.1 Å². The molecule has 0 unspecified atom stereocenters. The Morgan fingerprint density at radius 2 is 1.67 bits per heavy atom. The second-order valence-corrected chi connectivity index (χ2v) is 7.47. The number of nitrogens with zero attached hydrogens (tertiary/aromatic N) is 2. The van der Waals surface area contributed by atoms with Gasteiger partial charge in [-0.3, -0.25) is 9.69 Å². The molecule has 4 heteroatoms. The third kappa shape index (κ3) is 4.68. The molecule has 2 saturated heterocycles. The van der Waals surface area contributed by atoms with Crippen LogP contribution < -0.4 is 5.32 Å². The summed E-state index contributed by atoms with van der Waals surface area (Å²) in [4.78, 5) is 16.8. The summed E-state index contributed by atoms with van der Waals surface area (Å²) in [6.45, 7) is 8.26. The second kappa shape index (κ2) is 7.10. The molecule has 0 aromatic heterocycles. The van der Waals surface area contributed by atoms with Crippen molar-refractivity contribution < 1.29 is 4.79 Å². The van der Waals surface area contributed by atoms with Crippen molar-refractivity contribution in [2.45, 2.75) is 51.5 Å². The zero-order valence-electron chi connectivity index (χ0n) is 13.5. The maximum Gasteiger partial charge on any atom is 0.236 e. The largest absolute Gasteiger partial charge is 0.342 e. The Balaban J connectivity index is 1.33. The molecule has 4 nitrogen and oxygen atoms in total. The Bertz CT molecular complexity index is 340. The van der Waals surface area contributed by atoms with Crippen LogP contribution in [0.25, 0.3) is 0 Å². The van der Waals surface area contributed by atoms with E-state index in [0.29, 0.717) is 18.5 Å². The summed E-state index contributed by atoms with van der Waals surface area (Å²) in [6.07, 6.45) is 7.62. The summed E-state index contributed by atoms with van der Waals surface area (Å²) in [5.41, 5.74) is 0. The van der Waals surface area contributed by atoms with Crippen LogP contribution in [0.2, 0.25) is 0 Å². The zero-order chi connectivity index (χ0) is 14.7. The monoisotopic (exact) mass is 293 g/mol. The SMILES string of the molecule is CC1CCN(C(=O)CN2CCC(NCC3CC3)CC2)CC1. The van der Waals surface area contributed by atoms with E-state index < -0.39 is 0 Å². The highest BCUT2D eigenvalue weighted by molar-refractivity contribution is 5.78. The molecule has 1 N–H and O–H groups in total. The van der Waals surface area contributed by atoms with Crippen molar-refractivity contribution in [2.75, 3.05) is 39.3 Å². The molecule has 1 amide bonds. The fraction of sp³-hybridized carbons (Fsp3) is 0.941. The molecule has 0 aromatic rings. The maximum atomic E-state index is 12.3. The normalized spacial score (nSPS) is 26.2. The lowest BCUT2D eigenvalue weighted by Gasteiger charge is -2.35. The van der Waals surface area contributed by atoms with Gasteiger partial charge in [-0.05, 0) is 56.9 Å². The Hall–Kier alpha value is -0.610. The van der Waals surface area contributed by atoms with Crippen LogP contribution >= 0.6 is 0 Å². The van der Waals surface area contributed by atoms with Crippen molar-refractivity contribution in [3.63, 3.8) is 0 Å². The average molecular weight is 293 g/mol. The van der Waals surface area contributed by atoms with Crippen LogP contribution in [-0.2, 0) is 4.79 Å². The van der Waals surface area contributed by atoms with E-state index in [-0.39, 0.29) is 0 Å². The van der Waals surface area contributed by atoms with Crippen LogP contribution in [0.15, 0.2) is 0 Å². The minimum absolute atomic E-state index is 0.353. The van der Waals surface area contributed by atoms with Gasteiger partial charge in [0, 0.05) is 32.2 Å². The molecule has 0 radical (unpaired) electrons. The molecule has 2 aliphatic heterocycles. The fourth-order valence-electron chi connectivity index (χ4n) is 3.50. The van der Waals surface area contributed by atoms with Crippen molar-refractivity contribution in [1.29, 1.82) is 0 Å². The first kappa shape index (κ1) is 15.3.